The van der Waals surface area contributed by atoms with Crippen LogP contribution in [0.15, 0.2) is 24.3 Å². The Labute approximate surface area is 101 Å². The minimum Gasteiger partial charge on any atom is -0.352 e. The number of rotatable bonds is 4. The molecule has 0 bridgehead atoms. The van der Waals surface area contributed by atoms with Gasteiger partial charge in [-0.05, 0) is 25.1 Å². The molecule has 17 heavy (non-hydrogen) atoms. The molecule has 0 atom stereocenters. The van der Waals surface area contributed by atoms with E-state index >= 15 is 0 Å². The fraction of sp³-hybridized carbons (Fsp3) is 0.364. The van der Waals surface area contributed by atoms with Crippen molar-refractivity contribution >= 4 is 21.6 Å². The van der Waals surface area contributed by atoms with Crippen molar-refractivity contribution in [3.63, 3.8) is 0 Å². The summed E-state index contributed by atoms with van der Waals surface area (Å²) in [6, 6.07) is 6.49. The molecule has 0 heterocycles. The van der Waals surface area contributed by atoms with E-state index in [1.54, 1.807) is 24.3 Å². The standard InChI is InChI=1S/C11H16N2O3S/c1-4-12-11(14)9-6-5-7-10(8-9)13(2)17(3,15)16/h5-8H,4H2,1-3H3,(H,12,14). The molecular weight excluding hydrogens is 240 g/mol. The Balaban J connectivity index is 3.05. The van der Waals surface area contributed by atoms with E-state index in [0.29, 0.717) is 17.8 Å². The molecule has 0 saturated heterocycles. The molecule has 0 fully saturated rings. The van der Waals surface area contributed by atoms with E-state index < -0.39 is 10.0 Å². The first-order valence-electron chi connectivity index (χ1n) is 5.18. The van der Waals surface area contributed by atoms with Gasteiger partial charge in [-0.3, -0.25) is 9.10 Å². The van der Waals surface area contributed by atoms with E-state index in [9.17, 15) is 13.2 Å². The Kier molecular flexibility index (Phi) is 4.11. The van der Waals surface area contributed by atoms with Gasteiger partial charge in [0.1, 0.15) is 0 Å². The maximum Gasteiger partial charge on any atom is 0.251 e. The molecule has 1 aromatic carbocycles. The van der Waals surface area contributed by atoms with Crippen molar-refractivity contribution < 1.29 is 13.2 Å². The van der Waals surface area contributed by atoms with Gasteiger partial charge in [0, 0.05) is 19.2 Å². The molecule has 1 amide bonds. The summed E-state index contributed by atoms with van der Waals surface area (Å²) >= 11 is 0. The minimum absolute atomic E-state index is 0.212. The molecule has 0 radical (unpaired) electrons. The number of anilines is 1. The largest absolute Gasteiger partial charge is 0.352 e. The highest BCUT2D eigenvalue weighted by atomic mass is 32.2. The lowest BCUT2D eigenvalue weighted by Gasteiger charge is -2.17. The fourth-order valence-electron chi connectivity index (χ4n) is 1.30. The van der Waals surface area contributed by atoms with Crippen LogP contribution in [0.25, 0.3) is 0 Å². The molecule has 0 aliphatic rings. The lowest BCUT2D eigenvalue weighted by molar-refractivity contribution is 0.0956. The van der Waals surface area contributed by atoms with Gasteiger partial charge in [0.25, 0.3) is 5.91 Å². The first kappa shape index (κ1) is 13.5. The number of sulfonamides is 1. The second-order valence-corrected chi connectivity index (χ2v) is 5.65. The van der Waals surface area contributed by atoms with E-state index in [0.717, 1.165) is 10.6 Å². The van der Waals surface area contributed by atoms with Crippen LogP contribution in [0.4, 0.5) is 5.69 Å². The quantitative estimate of drug-likeness (QED) is 0.867. The average Bonchev–Trinajstić information content (AvgIpc) is 2.27. The summed E-state index contributed by atoms with van der Waals surface area (Å²) in [4.78, 5) is 11.6. The zero-order chi connectivity index (χ0) is 13.1. The topological polar surface area (TPSA) is 66.5 Å². The van der Waals surface area contributed by atoms with Crippen LogP contribution in [0.5, 0.6) is 0 Å². The SMILES string of the molecule is CCNC(=O)c1cccc(N(C)S(C)(=O)=O)c1. The maximum atomic E-state index is 11.6. The maximum absolute atomic E-state index is 11.6. The van der Waals surface area contributed by atoms with Crippen molar-refractivity contribution in [2.45, 2.75) is 6.92 Å². The molecule has 6 heteroatoms. The molecule has 94 valence electrons. The van der Waals surface area contributed by atoms with Crippen LogP contribution in [0.1, 0.15) is 17.3 Å². The number of hydrogen-bond acceptors (Lipinski definition) is 3. The molecular formula is C11H16N2O3S. The molecule has 0 saturated carbocycles. The third-order valence-corrected chi connectivity index (χ3v) is 3.51. The summed E-state index contributed by atoms with van der Waals surface area (Å²) in [6.07, 6.45) is 1.12. The van der Waals surface area contributed by atoms with E-state index in [-0.39, 0.29) is 5.91 Å². The Hall–Kier alpha value is -1.56. The van der Waals surface area contributed by atoms with Crippen molar-refractivity contribution in [1.29, 1.82) is 0 Å². The third kappa shape index (κ3) is 3.45. The number of carbonyl (C=O) groups is 1. The molecule has 0 aliphatic carbocycles. The summed E-state index contributed by atoms with van der Waals surface area (Å²) in [5.74, 6) is -0.212. The van der Waals surface area contributed by atoms with Gasteiger partial charge in [-0.25, -0.2) is 8.42 Å². The van der Waals surface area contributed by atoms with Crippen molar-refractivity contribution in [3.05, 3.63) is 29.8 Å². The molecule has 0 unspecified atom stereocenters. The van der Waals surface area contributed by atoms with Gasteiger partial charge in [-0.15, -0.1) is 0 Å². The Bertz CT molecular complexity index is 511. The van der Waals surface area contributed by atoms with E-state index in [2.05, 4.69) is 5.32 Å². The molecule has 0 aromatic heterocycles. The van der Waals surface area contributed by atoms with E-state index in [1.807, 2.05) is 6.92 Å². The van der Waals surface area contributed by atoms with Gasteiger partial charge >= 0.3 is 0 Å². The minimum atomic E-state index is -3.31. The Morgan fingerprint density at radius 2 is 2.06 bits per heavy atom. The van der Waals surface area contributed by atoms with Crippen molar-refractivity contribution in [1.82, 2.24) is 5.32 Å². The highest BCUT2D eigenvalue weighted by molar-refractivity contribution is 7.92. The third-order valence-electron chi connectivity index (χ3n) is 2.31. The number of amides is 1. The number of nitrogens with zero attached hydrogens (tertiary/aromatic N) is 1. The lowest BCUT2D eigenvalue weighted by atomic mass is 10.2. The van der Waals surface area contributed by atoms with E-state index in [1.165, 1.54) is 7.05 Å². The van der Waals surface area contributed by atoms with Crippen LogP contribution >= 0.6 is 0 Å². The monoisotopic (exact) mass is 256 g/mol. The zero-order valence-corrected chi connectivity index (χ0v) is 10.9. The smallest absolute Gasteiger partial charge is 0.251 e. The zero-order valence-electron chi connectivity index (χ0n) is 10.1. The average molecular weight is 256 g/mol. The predicted molar refractivity (Wildman–Crippen MR) is 67.7 cm³/mol. The summed E-state index contributed by atoms with van der Waals surface area (Å²) in [7, 11) is -1.86. The molecule has 0 aliphatic heterocycles. The van der Waals surface area contributed by atoms with Gasteiger partial charge in [0.2, 0.25) is 10.0 Å². The summed E-state index contributed by atoms with van der Waals surface area (Å²) < 4.78 is 23.9. The van der Waals surface area contributed by atoms with Crippen LogP contribution in [0.3, 0.4) is 0 Å². The fourth-order valence-corrected chi connectivity index (χ4v) is 1.79. The molecule has 0 spiro atoms. The van der Waals surface area contributed by atoms with Crippen LogP contribution in [0.2, 0.25) is 0 Å². The predicted octanol–water partition coefficient (Wildman–Crippen LogP) is 0.832. The van der Waals surface area contributed by atoms with Crippen molar-refractivity contribution in [2.75, 3.05) is 24.2 Å². The normalized spacial score (nSPS) is 11.0. The highest BCUT2D eigenvalue weighted by Crippen LogP contribution is 2.17. The Morgan fingerprint density at radius 1 is 1.41 bits per heavy atom. The van der Waals surface area contributed by atoms with Crippen molar-refractivity contribution in [3.8, 4) is 0 Å². The van der Waals surface area contributed by atoms with Gasteiger partial charge in [-0.1, -0.05) is 6.07 Å². The van der Waals surface area contributed by atoms with E-state index in [4.69, 9.17) is 0 Å². The second-order valence-electron chi connectivity index (χ2n) is 3.64. The van der Waals surface area contributed by atoms with Crippen LogP contribution < -0.4 is 9.62 Å². The molecule has 1 rings (SSSR count). The molecule has 1 N–H and O–H groups in total. The Morgan fingerprint density at radius 3 is 2.59 bits per heavy atom. The van der Waals surface area contributed by atoms with Gasteiger partial charge in [0.05, 0.1) is 11.9 Å². The summed E-state index contributed by atoms with van der Waals surface area (Å²) in [5.41, 5.74) is 0.913. The number of carbonyl (C=O) groups excluding carboxylic acids is 1. The van der Waals surface area contributed by atoms with Gasteiger partial charge < -0.3 is 5.32 Å². The first-order valence-corrected chi connectivity index (χ1v) is 7.03. The van der Waals surface area contributed by atoms with Crippen molar-refractivity contribution in [2.24, 2.45) is 0 Å². The highest BCUT2D eigenvalue weighted by Gasteiger charge is 2.13. The summed E-state index contributed by atoms with van der Waals surface area (Å²) in [6.45, 7) is 2.36. The van der Waals surface area contributed by atoms with Gasteiger partial charge in [-0.2, -0.15) is 0 Å². The number of hydrogen-bond donors (Lipinski definition) is 1. The molecule has 5 nitrogen and oxygen atoms in total. The number of nitrogens with one attached hydrogen (secondary N) is 1. The lowest BCUT2D eigenvalue weighted by Crippen LogP contribution is -2.26. The van der Waals surface area contributed by atoms with Gasteiger partial charge in [0.15, 0.2) is 0 Å². The van der Waals surface area contributed by atoms with Crippen LogP contribution in [0, 0.1) is 0 Å². The molecule has 1 aromatic rings. The second kappa shape index (κ2) is 5.18. The first-order chi connectivity index (χ1) is 7.86. The number of benzene rings is 1. The summed E-state index contributed by atoms with van der Waals surface area (Å²) in [5, 5.41) is 2.66. The van der Waals surface area contributed by atoms with Crippen LogP contribution in [-0.4, -0.2) is 34.2 Å². The van der Waals surface area contributed by atoms with Crippen LogP contribution in [-0.2, 0) is 10.0 Å².